The zero-order valence-corrected chi connectivity index (χ0v) is 11.1. The molecule has 1 amide bonds. The summed E-state index contributed by atoms with van der Waals surface area (Å²) < 4.78 is 5.45. The van der Waals surface area contributed by atoms with Crippen molar-refractivity contribution < 1.29 is 9.53 Å². The molecule has 0 bridgehead atoms. The topological polar surface area (TPSA) is 67.0 Å². The Kier molecular flexibility index (Phi) is 3.25. The van der Waals surface area contributed by atoms with E-state index in [9.17, 15) is 4.79 Å². The molecule has 3 rings (SSSR count). The molecule has 102 valence electrons. The van der Waals surface area contributed by atoms with Gasteiger partial charge in [-0.15, -0.1) is 0 Å². The van der Waals surface area contributed by atoms with Crippen LogP contribution in [-0.2, 0) is 11.2 Å². The molecule has 2 heterocycles. The van der Waals surface area contributed by atoms with E-state index in [1.165, 1.54) is 11.6 Å². The number of benzene rings is 1. The Labute approximate surface area is 116 Å². The highest BCUT2D eigenvalue weighted by molar-refractivity contribution is 6.01. The number of ether oxygens (including phenoxy) is 1. The van der Waals surface area contributed by atoms with Crippen LogP contribution in [0, 0.1) is 6.92 Å². The summed E-state index contributed by atoms with van der Waals surface area (Å²) in [6.07, 6.45) is 4.21. The van der Waals surface area contributed by atoms with E-state index in [1.807, 2.05) is 25.1 Å². The first-order valence-electron chi connectivity index (χ1n) is 6.47. The van der Waals surface area contributed by atoms with Crippen LogP contribution in [0.1, 0.15) is 16.8 Å². The van der Waals surface area contributed by atoms with Gasteiger partial charge in [0.15, 0.2) is 5.82 Å². The summed E-state index contributed by atoms with van der Waals surface area (Å²) in [5, 5.41) is 9.42. The number of hydrogen-bond acceptors (Lipinski definition) is 3. The van der Waals surface area contributed by atoms with E-state index < -0.39 is 0 Å². The Hall–Kier alpha value is -2.56. The van der Waals surface area contributed by atoms with Gasteiger partial charge in [-0.3, -0.25) is 9.89 Å². The Bertz CT molecular complexity index is 674. The van der Waals surface area contributed by atoms with Crippen molar-refractivity contribution in [1.29, 1.82) is 0 Å². The second-order valence-electron chi connectivity index (χ2n) is 4.72. The van der Waals surface area contributed by atoms with Gasteiger partial charge in [0, 0.05) is 24.3 Å². The molecule has 2 N–H and O–H groups in total. The van der Waals surface area contributed by atoms with E-state index in [2.05, 4.69) is 15.5 Å². The van der Waals surface area contributed by atoms with Crippen LogP contribution in [0.15, 0.2) is 30.3 Å². The summed E-state index contributed by atoms with van der Waals surface area (Å²) in [6.45, 7) is 2.62. The molecule has 0 saturated carbocycles. The lowest BCUT2D eigenvalue weighted by Crippen LogP contribution is -2.07. The number of anilines is 1. The smallest absolute Gasteiger partial charge is 0.249 e. The van der Waals surface area contributed by atoms with Gasteiger partial charge in [0.05, 0.1) is 6.61 Å². The van der Waals surface area contributed by atoms with Gasteiger partial charge in [-0.2, -0.15) is 5.10 Å². The Morgan fingerprint density at radius 3 is 3.15 bits per heavy atom. The van der Waals surface area contributed by atoms with Crippen LogP contribution in [0.3, 0.4) is 0 Å². The number of hydrogen-bond donors (Lipinski definition) is 2. The standard InChI is InChI=1S/C15H15N3O2/c1-10-8-14(18-17-10)16-15(19)5-3-11-2-4-13-12(9-11)6-7-20-13/h2-5,8-9H,6-7H2,1H3,(H2,16,17,18,19). The molecule has 0 fully saturated rings. The molecular formula is C15H15N3O2. The molecule has 0 aliphatic carbocycles. The van der Waals surface area contributed by atoms with Crippen LogP contribution < -0.4 is 10.1 Å². The number of aromatic amines is 1. The average molecular weight is 269 g/mol. The maximum atomic E-state index is 11.8. The zero-order valence-electron chi connectivity index (χ0n) is 11.1. The number of amides is 1. The fourth-order valence-corrected chi connectivity index (χ4v) is 2.13. The lowest BCUT2D eigenvalue weighted by molar-refractivity contribution is -0.111. The molecule has 0 radical (unpaired) electrons. The molecule has 2 aromatic rings. The number of H-pyrrole nitrogens is 1. The Morgan fingerprint density at radius 1 is 1.45 bits per heavy atom. The van der Waals surface area contributed by atoms with Crippen molar-refractivity contribution in [3.05, 3.63) is 47.2 Å². The second-order valence-corrected chi connectivity index (χ2v) is 4.72. The van der Waals surface area contributed by atoms with Gasteiger partial charge in [-0.1, -0.05) is 6.07 Å². The SMILES string of the molecule is Cc1cc(NC(=O)C=Cc2ccc3c(c2)CCO3)n[nH]1. The predicted octanol–water partition coefficient (Wildman–Crippen LogP) is 2.30. The molecule has 0 saturated heterocycles. The number of aromatic nitrogens is 2. The molecule has 0 unspecified atom stereocenters. The maximum absolute atomic E-state index is 11.8. The fraction of sp³-hybridized carbons (Fsp3) is 0.200. The van der Waals surface area contributed by atoms with Gasteiger partial charge in [0.2, 0.25) is 5.91 Å². The molecule has 0 spiro atoms. The van der Waals surface area contributed by atoms with E-state index in [-0.39, 0.29) is 5.91 Å². The number of fused-ring (bicyclic) bond motifs is 1. The molecule has 1 aromatic heterocycles. The van der Waals surface area contributed by atoms with Crippen LogP contribution in [0.4, 0.5) is 5.82 Å². The van der Waals surface area contributed by atoms with E-state index in [4.69, 9.17) is 4.74 Å². The minimum Gasteiger partial charge on any atom is -0.493 e. The number of carbonyl (C=O) groups is 1. The van der Waals surface area contributed by atoms with E-state index >= 15 is 0 Å². The molecule has 5 nitrogen and oxygen atoms in total. The third-order valence-corrected chi connectivity index (χ3v) is 3.10. The van der Waals surface area contributed by atoms with Gasteiger partial charge in [0.25, 0.3) is 0 Å². The third kappa shape index (κ3) is 2.71. The fourth-order valence-electron chi connectivity index (χ4n) is 2.13. The third-order valence-electron chi connectivity index (χ3n) is 3.10. The minimum absolute atomic E-state index is 0.201. The number of nitrogens with one attached hydrogen (secondary N) is 2. The monoisotopic (exact) mass is 269 g/mol. The van der Waals surface area contributed by atoms with E-state index in [0.29, 0.717) is 5.82 Å². The highest BCUT2D eigenvalue weighted by Crippen LogP contribution is 2.26. The number of aryl methyl sites for hydroxylation is 1. The first-order chi connectivity index (χ1) is 9.70. The maximum Gasteiger partial charge on any atom is 0.249 e. The minimum atomic E-state index is -0.201. The van der Waals surface area contributed by atoms with Crippen LogP contribution in [0.25, 0.3) is 6.08 Å². The van der Waals surface area contributed by atoms with Crippen LogP contribution in [0.5, 0.6) is 5.75 Å². The van der Waals surface area contributed by atoms with Gasteiger partial charge in [-0.05, 0) is 36.3 Å². The largest absolute Gasteiger partial charge is 0.493 e. The van der Waals surface area contributed by atoms with Crippen molar-refractivity contribution in [2.75, 3.05) is 11.9 Å². The van der Waals surface area contributed by atoms with Crippen LogP contribution >= 0.6 is 0 Å². The summed E-state index contributed by atoms with van der Waals surface area (Å²) >= 11 is 0. The Balaban J connectivity index is 1.66. The average Bonchev–Trinajstić information content (AvgIpc) is 3.04. The quantitative estimate of drug-likeness (QED) is 0.840. The zero-order chi connectivity index (χ0) is 13.9. The number of carbonyl (C=O) groups excluding carboxylic acids is 1. The van der Waals surface area contributed by atoms with Crippen molar-refractivity contribution in [3.63, 3.8) is 0 Å². The van der Waals surface area contributed by atoms with Crippen molar-refractivity contribution in [2.24, 2.45) is 0 Å². The second kappa shape index (κ2) is 5.21. The summed E-state index contributed by atoms with van der Waals surface area (Å²) in [5.41, 5.74) is 3.08. The Morgan fingerprint density at radius 2 is 2.35 bits per heavy atom. The lowest BCUT2D eigenvalue weighted by atomic mass is 10.1. The molecule has 1 aliphatic heterocycles. The van der Waals surface area contributed by atoms with Crippen molar-refractivity contribution in [3.8, 4) is 5.75 Å². The first-order valence-corrected chi connectivity index (χ1v) is 6.47. The van der Waals surface area contributed by atoms with Crippen molar-refractivity contribution in [1.82, 2.24) is 10.2 Å². The summed E-state index contributed by atoms with van der Waals surface area (Å²) in [4.78, 5) is 11.8. The molecule has 5 heteroatoms. The molecule has 20 heavy (non-hydrogen) atoms. The summed E-state index contributed by atoms with van der Waals surface area (Å²) in [5.74, 6) is 1.27. The van der Waals surface area contributed by atoms with Crippen LogP contribution in [0.2, 0.25) is 0 Å². The van der Waals surface area contributed by atoms with Gasteiger partial charge in [0.1, 0.15) is 5.75 Å². The van der Waals surface area contributed by atoms with Crippen LogP contribution in [-0.4, -0.2) is 22.7 Å². The lowest BCUT2D eigenvalue weighted by Gasteiger charge is -2.00. The number of nitrogens with zero attached hydrogens (tertiary/aromatic N) is 1. The van der Waals surface area contributed by atoms with E-state index in [0.717, 1.165) is 30.0 Å². The van der Waals surface area contributed by atoms with Gasteiger partial charge >= 0.3 is 0 Å². The summed E-state index contributed by atoms with van der Waals surface area (Å²) in [6, 6.07) is 7.70. The molecule has 0 atom stereocenters. The normalized spacial score (nSPS) is 13.2. The van der Waals surface area contributed by atoms with E-state index in [1.54, 1.807) is 12.1 Å². The molecule has 1 aliphatic rings. The predicted molar refractivity (Wildman–Crippen MR) is 76.6 cm³/mol. The first kappa shape index (κ1) is 12.5. The highest BCUT2D eigenvalue weighted by atomic mass is 16.5. The van der Waals surface area contributed by atoms with Crippen molar-refractivity contribution in [2.45, 2.75) is 13.3 Å². The number of rotatable bonds is 3. The van der Waals surface area contributed by atoms with Crippen molar-refractivity contribution >= 4 is 17.8 Å². The molecule has 1 aromatic carbocycles. The van der Waals surface area contributed by atoms with Gasteiger partial charge in [-0.25, -0.2) is 0 Å². The highest BCUT2D eigenvalue weighted by Gasteiger charge is 2.11. The van der Waals surface area contributed by atoms with Gasteiger partial charge < -0.3 is 10.1 Å². The summed E-state index contributed by atoms with van der Waals surface area (Å²) in [7, 11) is 0. The molecular weight excluding hydrogens is 254 g/mol.